The Balaban J connectivity index is 2.88. The van der Waals surface area contributed by atoms with Gasteiger partial charge in [0.2, 0.25) is 0 Å². The Labute approximate surface area is 77.9 Å². The number of carboxylic acid groups (broad SMARTS) is 1. The van der Waals surface area contributed by atoms with Crippen molar-refractivity contribution in [3.05, 3.63) is 0 Å². The van der Waals surface area contributed by atoms with E-state index in [1.54, 1.807) is 6.92 Å². The van der Waals surface area contributed by atoms with Crippen LogP contribution in [-0.2, 0) is 14.6 Å². The van der Waals surface area contributed by atoms with E-state index in [0.717, 1.165) is 6.42 Å². The summed E-state index contributed by atoms with van der Waals surface area (Å²) in [5, 5.41) is 8.61. The number of aliphatic carboxylic acids is 1. The van der Waals surface area contributed by atoms with E-state index in [1.807, 2.05) is 0 Å². The number of carboxylic acids is 1. The molecule has 1 saturated carbocycles. The summed E-state index contributed by atoms with van der Waals surface area (Å²) >= 11 is 0. The summed E-state index contributed by atoms with van der Waals surface area (Å²) < 4.78 is 22.2. The van der Waals surface area contributed by atoms with Gasteiger partial charge in [-0.05, 0) is 12.8 Å². The van der Waals surface area contributed by atoms with Gasteiger partial charge in [-0.3, -0.25) is 4.79 Å². The lowest BCUT2D eigenvalue weighted by atomic mass is 9.82. The quantitative estimate of drug-likeness (QED) is 0.739. The molecule has 0 atom stereocenters. The van der Waals surface area contributed by atoms with E-state index in [0.29, 0.717) is 12.8 Å². The third-order valence-electron chi connectivity index (χ3n) is 2.78. The summed E-state index contributed by atoms with van der Waals surface area (Å²) in [4.78, 5) is 10.5. The number of sulfone groups is 1. The van der Waals surface area contributed by atoms with Gasteiger partial charge < -0.3 is 5.11 Å². The molecule has 0 bridgehead atoms. The molecule has 1 aliphatic carbocycles. The molecule has 0 amide bonds. The number of carbonyl (C=O) groups is 1. The topological polar surface area (TPSA) is 71.4 Å². The number of rotatable bonds is 4. The summed E-state index contributed by atoms with van der Waals surface area (Å²) in [6.07, 6.45) is 1.61. The predicted octanol–water partition coefficient (Wildman–Crippen LogP) is 0.819. The monoisotopic (exact) mass is 206 g/mol. The maximum Gasteiger partial charge on any atom is 0.304 e. The molecule has 0 spiro atoms. The van der Waals surface area contributed by atoms with E-state index in [4.69, 9.17) is 5.11 Å². The van der Waals surface area contributed by atoms with Crippen molar-refractivity contribution in [2.24, 2.45) is 0 Å². The van der Waals surface area contributed by atoms with Gasteiger partial charge in [-0.1, -0.05) is 13.3 Å². The first-order chi connectivity index (χ1) is 5.93. The maximum absolute atomic E-state index is 11.6. The van der Waals surface area contributed by atoms with Gasteiger partial charge in [0.1, 0.15) is 0 Å². The van der Waals surface area contributed by atoms with Gasteiger partial charge in [0.25, 0.3) is 0 Å². The normalized spacial score (nSPS) is 20.7. The Morgan fingerprint density at radius 1 is 1.46 bits per heavy atom. The fourth-order valence-electron chi connectivity index (χ4n) is 1.75. The van der Waals surface area contributed by atoms with Crippen LogP contribution in [0.1, 0.15) is 32.6 Å². The Bertz CT molecular complexity index is 300. The van der Waals surface area contributed by atoms with Crippen molar-refractivity contribution in [1.82, 2.24) is 0 Å². The third-order valence-corrected chi connectivity index (χ3v) is 5.41. The zero-order chi connectivity index (χ0) is 10.1. The Morgan fingerprint density at radius 2 is 2.00 bits per heavy atom. The van der Waals surface area contributed by atoms with Gasteiger partial charge >= 0.3 is 5.97 Å². The first-order valence-electron chi connectivity index (χ1n) is 4.38. The summed E-state index contributed by atoms with van der Waals surface area (Å²) in [5.74, 6) is -0.975. The second-order valence-electron chi connectivity index (χ2n) is 3.51. The van der Waals surface area contributed by atoms with Crippen molar-refractivity contribution in [2.45, 2.75) is 37.4 Å². The summed E-state index contributed by atoms with van der Waals surface area (Å²) in [6, 6.07) is 0. The zero-order valence-corrected chi connectivity index (χ0v) is 8.43. The van der Waals surface area contributed by atoms with E-state index >= 15 is 0 Å². The highest BCUT2D eigenvalue weighted by atomic mass is 32.2. The highest BCUT2D eigenvalue weighted by Crippen LogP contribution is 2.42. The molecule has 0 heterocycles. The molecule has 1 N–H and O–H groups in total. The molecular formula is C8H14O4S. The van der Waals surface area contributed by atoms with E-state index < -0.39 is 20.6 Å². The van der Waals surface area contributed by atoms with E-state index in [1.165, 1.54) is 0 Å². The summed E-state index contributed by atoms with van der Waals surface area (Å²) in [7, 11) is -3.20. The van der Waals surface area contributed by atoms with Crippen molar-refractivity contribution >= 4 is 15.8 Å². The van der Waals surface area contributed by atoms with Crippen LogP contribution in [0.5, 0.6) is 0 Å². The van der Waals surface area contributed by atoms with Crippen molar-refractivity contribution in [3.63, 3.8) is 0 Å². The van der Waals surface area contributed by atoms with Gasteiger partial charge in [-0.25, -0.2) is 8.42 Å². The zero-order valence-electron chi connectivity index (χ0n) is 7.62. The second-order valence-corrected chi connectivity index (χ2v) is 6.18. The maximum atomic E-state index is 11.6. The average molecular weight is 206 g/mol. The fraction of sp³-hybridized carbons (Fsp3) is 0.875. The molecule has 1 rings (SSSR count). The lowest BCUT2D eigenvalue weighted by Crippen LogP contribution is -2.47. The van der Waals surface area contributed by atoms with Crippen molar-refractivity contribution in [1.29, 1.82) is 0 Å². The van der Waals surface area contributed by atoms with E-state index in [2.05, 4.69) is 0 Å². The van der Waals surface area contributed by atoms with Crippen LogP contribution in [0.4, 0.5) is 0 Å². The SMILES string of the molecule is CCS(=O)(=O)C1(CC(=O)O)CCC1. The molecule has 0 aliphatic heterocycles. The molecule has 0 saturated heterocycles. The fourth-order valence-corrected chi connectivity index (χ4v) is 3.62. The number of hydrogen-bond donors (Lipinski definition) is 1. The molecule has 0 aromatic carbocycles. The molecule has 0 aromatic rings. The molecule has 0 aromatic heterocycles. The highest BCUT2D eigenvalue weighted by molar-refractivity contribution is 7.92. The van der Waals surface area contributed by atoms with E-state index in [-0.39, 0.29) is 12.2 Å². The van der Waals surface area contributed by atoms with Gasteiger partial charge in [-0.15, -0.1) is 0 Å². The van der Waals surface area contributed by atoms with E-state index in [9.17, 15) is 13.2 Å². The molecule has 0 unspecified atom stereocenters. The predicted molar refractivity (Wildman–Crippen MR) is 48.3 cm³/mol. The van der Waals surface area contributed by atoms with Gasteiger partial charge in [0.05, 0.1) is 11.2 Å². The largest absolute Gasteiger partial charge is 0.481 e. The first-order valence-corrected chi connectivity index (χ1v) is 6.03. The highest BCUT2D eigenvalue weighted by Gasteiger charge is 2.49. The molecule has 0 radical (unpaired) electrons. The molecular weight excluding hydrogens is 192 g/mol. The van der Waals surface area contributed by atoms with Crippen molar-refractivity contribution in [3.8, 4) is 0 Å². The minimum Gasteiger partial charge on any atom is -0.481 e. The van der Waals surface area contributed by atoms with Crippen LogP contribution in [0.25, 0.3) is 0 Å². The standard InChI is InChI=1S/C8H14O4S/c1-2-13(11,12)8(4-3-5-8)6-7(9)10/h2-6H2,1H3,(H,9,10). The molecule has 76 valence electrons. The Hall–Kier alpha value is -0.580. The van der Waals surface area contributed by atoms with Crippen LogP contribution >= 0.6 is 0 Å². The molecule has 4 nitrogen and oxygen atoms in total. The smallest absolute Gasteiger partial charge is 0.304 e. The van der Waals surface area contributed by atoms with Crippen LogP contribution in [0.3, 0.4) is 0 Å². The molecule has 5 heteroatoms. The average Bonchev–Trinajstić information content (AvgIpc) is 1.96. The first kappa shape index (κ1) is 10.5. The van der Waals surface area contributed by atoms with Gasteiger partial charge in [-0.2, -0.15) is 0 Å². The Kier molecular flexibility index (Phi) is 2.66. The van der Waals surface area contributed by atoms with Gasteiger partial charge in [0.15, 0.2) is 9.84 Å². The van der Waals surface area contributed by atoms with Crippen LogP contribution in [-0.4, -0.2) is 30.0 Å². The second kappa shape index (κ2) is 3.29. The molecule has 1 fully saturated rings. The minimum atomic E-state index is -3.20. The van der Waals surface area contributed by atoms with Crippen molar-refractivity contribution < 1.29 is 18.3 Å². The summed E-state index contributed by atoms with van der Waals surface area (Å²) in [5.41, 5.74) is 0. The lowest BCUT2D eigenvalue weighted by Gasteiger charge is -2.39. The van der Waals surface area contributed by atoms with Crippen molar-refractivity contribution in [2.75, 3.05) is 5.75 Å². The van der Waals surface area contributed by atoms with Gasteiger partial charge in [0, 0.05) is 5.75 Å². The summed E-state index contributed by atoms with van der Waals surface area (Å²) in [6.45, 7) is 1.57. The van der Waals surface area contributed by atoms with Crippen LogP contribution in [0.2, 0.25) is 0 Å². The molecule has 13 heavy (non-hydrogen) atoms. The number of hydrogen-bond acceptors (Lipinski definition) is 3. The lowest BCUT2D eigenvalue weighted by molar-refractivity contribution is -0.138. The van der Waals surface area contributed by atoms with Crippen LogP contribution < -0.4 is 0 Å². The van der Waals surface area contributed by atoms with Crippen LogP contribution in [0, 0.1) is 0 Å². The Morgan fingerprint density at radius 3 is 2.23 bits per heavy atom. The minimum absolute atomic E-state index is 0.0419. The van der Waals surface area contributed by atoms with Crippen LogP contribution in [0.15, 0.2) is 0 Å². The molecule has 1 aliphatic rings. The third kappa shape index (κ3) is 1.70.